The van der Waals surface area contributed by atoms with E-state index < -0.39 is 11.9 Å². The van der Waals surface area contributed by atoms with E-state index in [2.05, 4.69) is 9.72 Å². The lowest BCUT2D eigenvalue weighted by Gasteiger charge is -2.17. The van der Waals surface area contributed by atoms with Crippen molar-refractivity contribution in [2.45, 2.75) is 0 Å². The van der Waals surface area contributed by atoms with Crippen LogP contribution in [0.1, 0.15) is 16.1 Å². The normalized spacial score (nSPS) is 17.0. The Hall–Kier alpha value is -2.17. The van der Waals surface area contributed by atoms with Crippen molar-refractivity contribution in [3.05, 3.63) is 35.8 Å². The number of hydrogen-bond donors (Lipinski definition) is 0. The first-order chi connectivity index (χ1) is 7.59. The second-order valence-corrected chi connectivity index (χ2v) is 3.58. The Bertz CT molecular complexity index is 492. The minimum absolute atomic E-state index is 0.292. The van der Waals surface area contributed by atoms with E-state index in [1.807, 2.05) is 0 Å². The summed E-state index contributed by atoms with van der Waals surface area (Å²) in [6.45, 7) is 0. The number of carbonyl (C=O) groups is 2. The van der Waals surface area contributed by atoms with Crippen molar-refractivity contribution in [2.75, 3.05) is 14.1 Å². The van der Waals surface area contributed by atoms with Crippen molar-refractivity contribution >= 4 is 17.5 Å². The lowest BCUT2D eigenvalue weighted by molar-refractivity contribution is -0.131. The molecular weight excluding hydrogens is 208 g/mol. The highest BCUT2D eigenvalue weighted by Crippen LogP contribution is 2.24. The van der Waals surface area contributed by atoms with Gasteiger partial charge in [0.1, 0.15) is 5.57 Å². The monoisotopic (exact) mass is 218 g/mol. The van der Waals surface area contributed by atoms with Crippen molar-refractivity contribution in [1.29, 1.82) is 0 Å². The standard InChI is InChI=1S/C11H10N2O3/c1-13(2)6-8-9-7(4-3-5-12-9)10(14)16-11(8)15/h3-6H,1-2H3/b8-6-. The number of nitrogens with zero attached hydrogens (tertiary/aromatic N) is 2. The first-order valence-corrected chi connectivity index (χ1v) is 4.69. The molecule has 1 aromatic rings. The van der Waals surface area contributed by atoms with Crippen LogP contribution in [0.4, 0.5) is 0 Å². The summed E-state index contributed by atoms with van der Waals surface area (Å²) in [5.41, 5.74) is 0.979. The maximum atomic E-state index is 11.5. The summed E-state index contributed by atoms with van der Waals surface area (Å²) in [6, 6.07) is 3.21. The van der Waals surface area contributed by atoms with Crippen LogP contribution in [0.5, 0.6) is 0 Å². The highest BCUT2D eigenvalue weighted by atomic mass is 16.6. The minimum Gasteiger partial charge on any atom is -0.386 e. The van der Waals surface area contributed by atoms with Gasteiger partial charge in [-0.3, -0.25) is 4.98 Å². The van der Waals surface area contributed by atoms with E-state index in [4.69, 9.17) is 0 Å². The summed E-state index contributed by atoms with van der Waals surface area (Å²) in [6.07, 6.45) is 3.12. The van der Waals surface area contributed by atoms with Gasteiger partial charge < -0.3 is 9.64 Å². The van der Waals surface area contributed by atoms with Gasteiger partial charge in [-0.15, -0.1) is 0 Å². The van der Waals surface area contributed by atoms with E-state index in [-0.39, 0.29) is 0 Å². The molecule has 0 fully saturated rings. The van der Waals surface area contributed by atoms with Crippen LogP contribution >= 0.6 is 0 Å². The number of cyclic esters (lactones) is 2. The molecule has 0 atom stereocenters. The number of pyridine rings is 1. The van der Waals surface area contributed by atoms with Gasteiger partial charge in [0.2, 0.25) is 0 Å². The Kier molecular flexibility index (Phi) is 2.44. The van der Waals surface area contributed by atoms with Crippen LogP contribution in [0.15, 0.2) is 24.5 Å². The number of fused-ring (bicyclic) bond motifs is 1. The van der Waals surface area contributed by atoms with Crippen molar-refractivity contribution < 1.29 is 14.3 Å². The smallest absolute Gasteiger partial charge is 0.349 e. The summed E-state index contributed by atoms with van der Waals surface area (Å²) >= 11 is 0. The minimum atomic E-state index is -0.662. The molecule has 2 rings (SSSR count). The fraction of sp³-hybridized carbons (Fsp3) is 0.182. The van der Waals surface area contributed by atoms with Crippen molar-refractivity contribution in [1.82, 2.24) is 9.88 Å². The fourth-order valence-electron chi connectivity index (χ4n) is 1.45. The predicted molar refractivity (Wildman–Crippen MR) is 56.3 cm³/mol. The summed E-state index contributed by atoms with van der Waals surface area (Å²) in [5, 5.41) is 0. The molecule has 0 radical (unpaired) electrons. The first kappa shape index (κ1) is 10.4. The molecule has 0 aromatic carbocycles. The van der Waals surface area contributed by atoms with E-state index in [0.29, 0.717) is 16.8 Å². The summed E-state index contributed by atoms with van der Waals surface area (Å²) < 4.78 is 4.61. The number of ether oxygens (including phenoxy) is 1. The molecule has 5 nitrogen and oxygen atoms in total. The van der Waals surface area contributed by atoms with E-state index in [1.54, 1.807) is 37.3 Å². The summed E-state index contributed by atoms with van der Waals surface area (Å²) in [4.78, 5) is 28.7. The number of aromatic nitrogens is 1. The third kappa shape index (κ3) is 1.67. The number of carbonyl (C=O) groups excluding carboxylic acids is 2. The first-order valence-electron chi connectivity index (χ1n) is 4.69. The van der Waals surface area contributed by atoms with Gasteiger partial charge >= 0.3 is 11.9 Å². The van der Waals surface area contributed by atoms with Crippen LogP contribution < -0.4 is 0 Å². The summed E-state index contributed by atoms with van der Waals surface area (Å²) in [5.74, 6) is -1.31. The lowest BCUT2D eigenvalue weighted by Crippen LogP contribution is -2.24. The Balaban J connectivity index is 2.60. The van der Waals surface area contributed by atoms with Crippen LogP contribution in [0.3, 0.4) is 0 Å². The summed E-state index contributed by atoms with van der Waals surface area (Å²) in [7, 11) is 3.55. The van der Waals surface area contributed by atoms with E-state index in [9.17, 15) is 9.59 Å². The van der Waals surface area contributed by atoms with Gasteiger partial charge in [-0.2, -0.15) is 0 Å². The molecule has 0 bridgehead atoms. The molecular formula is C11H10N2O3. The van der Waals surface area contributed by atoms with Crippen LogP contribution in [-0.4, -0.2) is 35.9 Å². The average Bonchev–Trinajstić information content (AvgIpc) is 2.24. The fourth-order valence-corrected chi connectivity index (χ4v) is 1.45. The Morgan fingerprint density at radius 3 is 2.75 bits per heavy atom. The zero-order chi connectivity index (χ0) is 11.7. The van der Waals surface area contributed by atoms with Crippen molar-refractivity contribution in [2.24, 2.45) is 0 Å². The second kappa shape index (κ2) is 3.77. The second-order valence-electron chi connectivity index (χ2n) is 3.58. The third-order valence-corrected chi connectivity index (χ3v) is 2.08. The number of esters is 2. The van der Waals surface area contributed by atoms with Crippen LogP contribution in [-0.2, 0) is 9.53 Å². The zero-order valence-electron chi connectivity index (χ0n) is 8.93. The third-order valence-electron chi connectivity index (χ3n) is 2.08. The Morgan fingerprint density at radius 2 is 2.06 bits per heavy atom. The maximum absolute atomic E-state index is 11.5. The van der Waals surface area contributed by atoms with Gasteiger partial charge in [0.25, 0.3) is 0 Å². The van der Waals surface area contributed by atoms with Crippen LogP contribution in [0.2, 0.25) is 0 Å². The zero-order valence-corrected chi connectivity index (χ0v) is 8.93. The molecule has 0 saturated carbocycles. The molecule has 1 aliphatic heterocycles. The van der Waals surface area contributed by atoms with Crippen LogP contribution in [0, 0.1) is 0 Å². The largest absolute Gasteiger partial charge is 0.386 e. The molecule has 16 heavy (non-hydrogen) atoms. The molecule has 0 unspecified atom stereocenters. The topological polar surface area (TPSA) is 59.5 Å². The van der Waals surface area contributed by atoms with Gasteiger partial charge in [-0.1, -0.05) is 0 Å². The van der Waals surface area contributed by atoms with Gasteiger partial charge in [-0.25, -0.2) is 9.59 Å². The van der Waals surface area contributed by atoms with Crippen LogP contribution in [0.25, 0.3) is 5.57 Å². The number of hydrogen-bond acceptors (Lipinski definition) is 5. The molecule has 82 valence electrons. The molecule has 0 spiro atoms. The quantitative estimate of drug-likeness (QED) is 0.394. The van der Waals surface area contributed by atoms with E-state index in [0.717, 1.165) is 0 Å². The molecule has 0 N–H and O–H groups in total. The molecule has 0 saturated heterocycles. The molecule has 0 aliphatic carbocycles. The molecule has 2 heterocycles. The molecule has 1 aliphatic rings. The molecule has 5 heteroatoms. The van der Waals surface area contributed by atoms with Crippen molar-refractivity contribution in [3.63, 3.8) is 0 Å². The number of rotatable bonds is 1. The average molecular weight is 218 g/mol. The SMILES string of the molecule is CN(C)/C=C1\C(=O)OC(=O)c2cccnc21. The van der Waals surface area contributed by atoms with E-state index in [1.165, 1.54) is 6.20 Å². The van der Waals surface area contributed by atoms with Gasteiger partial charge in [-0.05, 0) is 12.1 Å². The maximum Gasteiger partial charge on any atom is 0.349 e. The van der Waals surface area contributed by atoms with E-state index >= 15 is 0 Å². The Morgan fingerprint density at radius 1 is 1.31 bits per heavy atom. The molecule has 1 aromatic heterocycles. The predicted octanol–water partition coefficient (Wildman–Crippen LogP) is 0.681. The van der Waals surface area contributed by atoms with Gasteiger partial charge in [0, 0.05) is 26.5 Å². The highest BCUT2D eigenvalue weighted by molar-refractivity contribution is 6.25. The van der Waals surface area contributed by atoms with Gasteiger partial charge in [0.15, 0.2) is 0 Å². The molecule has 0 amide bonds. The van der Waals surface area contributed by atoms with Gasteiger partial charge in [0.05, 0.1) is 11.3 Å². The lowest BCUT2D eigenvalue weighted by atomic mass is 10.0. The van der Waals surface area contributed by atoms with Crippen molar-refractivity contribution in [3.8, 4) is 0 Å². The highest BCUT2D eigenvalue weighted by Gasteiger charge is 2.30. The Labute approximate surface area is 92.3 Å².